The minimum atomic E-state index is -2.44. The Kier molecular flexibility index (Phi) is 7.18. The summed E-state index contributed by atoms with van der Waals surface area (Å²) in [4.78, 5) is 9.23. The number of nitrogen functional groups attached to an aromatic ring is 1. The van der Waals surface area contributed by atoms with Crippen molar-refractivity contribution in [3.63, 3.8) is 0 Å². The summed E-state index contributed by atoms with van der Waals surface area (Å²) in [6, 6.07) is 0. The molecule has 4 nitrogen and oxygen atoms in total. The molecule has 0 saturated carbocycles. The number of unbranched alkanes of at least 4 members (excludes halogenated alkanes) is 3. The maximum atomic E-state index is 5.85. The zero-order valence-corrected chi connectivity index (χ0v) is 17.9. The summed E-state index contributed by atoms with van der Waals surface area (Å²) < 4.78 is 7.84. The molecule has 2 rings (SSSR count). The number of hydrogen-bond donors (Lipinski definition) is 1. The average molecular weight is 423 g/mol. The SMILES string of the molecule is CCC[CH2][Sn]([CH2]CCC)([CH2]CCC)[c]1cn2cc(N)nc2cn1. The van der Waals surface area contributed by atoms with E-state index >= 15 is 0 Å². The summed E-state index contributed by atoms with van der Waals surface area (Å²) in [5, 5.41) is 0. The summed E-state index contributed by atoms with van der Waals surface area (Å²) in [5.41, 5.74) is 6.72. The molecule has 0 fully saturated rings. The predicted molar refractivity (Wildman–Crippen MR) is 102 cm³/mol. The number of hydrogen-bond acceptors (Lipinski definition) is 3. The van der Waals surface area contributed by atoms with Crippen molar-refractivity contribution in [1.82, 2.24) is 14.4 Å². The molecule has 2 aromatic rings. The van der Waals surface area contributed by atoms with Crippen molar-refractivity contribution < 1.29 is 0 Å². The Hall–Kier alpha value is -0.781. The Labute approximate surface area is 144 Å². The molecule has 2 aromatic heterocycles. The fourth-order valence-corrected chi connectivity index (χ4v) is 18.8. The van der Waals surface area contributed by atoms with E-state index in [9.17, 15) is 0 Å². The van der Waals surface area contributed by atoms with Crippen molar-refractivity contribution in [1.29, 1.82) is 0 Å². The zero-order valence-electron chi connectivity index (χ0n) is 15.0. The number of aromatic nitrogens is 3. The van der Waals surface area contributed by atoms with Crippen molar-refractivity contribution in [3.05, 3.63) is 18.6 Å². The van der Waals surface area contributed by atoms with Crippen LogP contribution in [0.25, 0.3) is 5.65 Å². The molecule has 2 N–H and O–H groups in total. The number of fused-ring (bicyclic) bond motifs is 1. The van der Waals surface area contributed by atoms with Gasteiger partial charge in [0.15, 0.2) is 0 Å². The molecule has 0 aliphatic carbocycles. The van der Waals surface area contributed by atoms with E-state index < -0.39 is 18.4 Å². The number of nitrogens with two attached hydrogens (primary N) is 1. The van der Waals surface area contributed by atoms with Crippen LogP contribution in [0.2, 0.25) is 13.3 Å². The third kappa shape index (κ3) is 4.61. The van der Waals surface area contributed by atoms with E-state index in [1.54, 1.807) is 0 Å². The van der Waals surface area contributed by atoms with Crippen molar-refractivity contribution in [2.24, 2.45) is 0 Å². The van der Waals surface area contributed by atoms with Crippen LogP contribution in [0.4, 0.5) is 5.82 Å². The second-order valence-corrected chi connectivity index (χ2v) is 19.8. The van der Waals surface area contributed by atoms with E-state index in [4.69, 9.17) is 10.7 Å². The first-order valence-electron chi connectivity index (χ1n) is 9.26. The Morgan fingerprint density at radius 2 is 1.52 bits per heavy atom. The van der Waals surface area contributed by atoms with E-state index in [1.165, 1.54) is 55.5 Å². The molecule has 23 heavy (non-hydrogen) atoms. The van der Waals surface area contributed by atoms with Crippen LogP contribution in [0.1, 0.15) is 59.3 Å². The van der Waals surface area contributed by atoms with E-state index in [1.807, 2.05) is 12.4 Å². The molecule has 0 spiro atoms. The van der Waals surface area contributed by atoms with Gasteiger partial charge in [0, 0.05) is 0 Å². The van der Waals surface area contributed by atoms with Crippen LogP contribution in [0.15, 0.2) is 18.6 Å². The number of anilines is 1. The van der Waals surface area contributed by atoms with E-state index in [2.05, 4.69) is 36.4 Å². The van der Waals surface area contributed by atoms with Gasteiger partial charge in [-0.1, -0.05) is 0 Å². The van der Waals surface area contributed by atoms with Crippen LogP contribution in [-0.4, -0.2) is 32.7 Å². The van der Waals surface area contributed by atoms with E-state index in [0.717, 1.165) is 5.65 Å². The van der Waals surface area contributed by atoms with Gasteiger partial charge in [-0.3, -0.25) is 0 Å². The maximum absolute atomic E-state index is 5.85. The van der Waals surface area contributed by atoms with Gasteiger partial charge in [-0.25, -0.2) is 0 Å². The van der Waals surface area contributed by atoms with Crippen molar-refractivity contribution in [2.45, 2.75) is 72.6 Å². The molecule has 0 amide bonds. The van der Waals surface area contributed by atoms with Gasteiger partial charge in [-0.15, -0.1) is 0 Å². The fourth-order valence-electron chi connectivity index (χ4n) is 3.50. The first-order chi connectivity index (χ1) is 11.1. The van der Waals surface area contributed by atoms with Gasteiger partial charge in [-0.2, -0.15) is 0 Å². The number of rotatable bonds is 10. The molecule has 5 heteroatoms. The molecule has 0 saturated heterocycles. The normalized spacial score (nSPS) is 12.1. The summed E-state index contributed by atoms with van der Waals surface area (Å²) in [6.45, 7) is 6.93. The predicted octanol–water partition coefficient (Wildman–Crippen LogP) is 4.37. The molecule has 0 atom stereocenters. The van der Waals surface area contributed by atoms with Gasteiger partial charge >= 0.3 is 145 Å². The summed E-state index contributed by atoms with van der Waals surface area (Å²) in [5.74, 6) is 0.584. The molecule has 0 aromatic carbocycles. The van der Waals surface area contributed by atoms with Gasteiger partial charge < -0.3 is 0 Å². The molecular formula is C18H32N4Sn. The second-order valence-electron chi connectivity index (χ2n) is 6.79. The Bertz CT molecular complexity index is 586. The topological polar surface area (TPSA) is 56.2 Å². The molecule has 128 valence electrons. The molecule has 0 aliphatic heterocycles. The second kappa shape index (κ2) is 8.90. The third-order valence-corrected chi connectivity index (χ3v) is 20.0. The number of imidazole rings is 1. The van der Waals surface area contributed by atoms with Crippen LogP contribution in [0, 0.1) is 0 Å². The van der Waals surface area contributed by atoms with Crippen LogP contribution < -0.4 is 9.44 Å². The van der Waals surface area contributed by atoms with Gasteiger partial charge in [0.1, 0.15) is 0 Å². The van der Waals surface area contributed by atoms with Crippen LogP contribution in [-0.2, 0) is 0 Å². The monoisotopic (exact) mass is 424 g/mol. The molecule has 0 aliphatic rings. The van der Waals surface area contributed by atoms with Crippen molar-refractivity contribution in [3.8, 4) is 0 Å². The standard InChI is InChI=1S/C6H5N4.3C4H9.Sn/c7-5-4-10-2-1-8-3-6(10)9-5;3*1-3-4-2;/h2-4H,7H2;3*1,3-4H2,2H3;. The Morgan fingerprint density at radius 3 is 2.04 bits per heavy atom. The van der Waals surface area contributed by atoms with E-state index in [0.29, 0.717) is 5.82 Å². The molecular weight excluding hydrogens is 391 g/mol. The summed E-state index contributed by atoms with van der Waals surface area (Å²) in [6.07, 6.45) is 14.1. The van der Waals surface area contributed by atoms with Crippen molar-refractivity contribution in [2.75, 3.05) is 5.73 Å². The van der Waals surface area contributed by atoms with Gasteiger partial charge in [0.25, 0.3) is 0 Å². The van der Waals surface area contributed by atoms with Gasteiger partial charge in [0.2, 0.25) is 0 Å². The average Bonchev–Trinajstić information content (AvgIpc) is 2.93. The molecule has 2 heterocycles. The van der Waals surface area contributed by atoms with Crippen molar-refractivity contribution >= 4 is 33.6 Å². The van der Waals surface area contributed by atoms with Crippen LogP contribution in [0.5, 0.6) is 0 Å². The summed E-state index contributed by atoms with van der Waals surface area (Å²) in [7, 11) is 0. The quantitative estimate of drug-likeness (QED) is 0.578. The Morgan fingerprint density at radius 1 is 0.957 bits per heavy atom. The number of nitrogens with zero attached hydrogens (tertiary/aromatic N) is 3. The third-order valence-electron chi connectivity index (χ3n) is 4.93. The van der Waals surface area contributed by atoms with Gasteiger partial charge in [-0.05, 0) is 0 Å². The molecule has 0 bridgehead atoms. The summed E-state index contributed by atoms with van der Waals surface area (Å²) >= 11 is -2.44. The van der Waals surface area contributed by atoms with E-state index in [-0.39, 0.29) is 0 Å². The first-order valence-corrected chi connectivity index (χ1v) is 16.7. The fraction of sp³-hybridized carbons (Fsp3) is 0.667. The Balaban J connectivity index is 2.40. The molecule has 0 radical (unpaired) electrons. The van der Waals surface area contributed by atoms with Crippen LogP contribution in [0.3, 0.4) is 0 Å². The van der Waals surface area contributed by atoms with Gasteiger partial charge in [0.05, 0.1) is 0 Å². The molecule has 0 unspecified atom stereocenters. The first kappa shape index (κ1) is 18.6. The van der Waals surface area contributed by atoms with Crippen LogP contribution >= 0.6 is 0 Å². The minimum absolute atomic E-state index is 0.584. The zero-order chi connectivity index (χ0) is 16.7.